The number of carbonyl (C=O) groups is 1. The molecule has 1 aliphatic rings. The van der Waals surface area contributed by atoms with Gasteiger partial charge in [-0.05, 0) is 30.5 Å². The van der Waals surface area contributed by atoms with Crippen molar-refractivity contribution in [3.05, 3.63) is 65.7 Å². The summed E-state index contributed by atoms with van der Waals surface area (Å²) in [6.07, 6.45) is 1.63. The summed E-state index contributed by atoms with van der Waals surface area (Å²) < 4.78 is 0. The normalized spacial score (nSPS) is 14.9. The predicted octanol–water partition coefficient (Wildman–Crippen LogP) is 3.77. The number of ketones is 1. The van der Waals surface area contributed by atoms with Gasteiger partial charge in [0.15, 0.2) is 0 Å². The first kappa shape index (κ1) is 12.9. The van der Waals surface area contributed by atoms with Crippen LogP contribution in [0.1, 0.15) is 30.5 Å². The lowest BCUT2D eigenvalue weighted by molar-refractivity contribution is -0.117. The van der Waals surface area contributed by atoms with Crippen molar-refractivity contribution in [2.45, 2.75) is 25.8 Å². The van der Waals surface area contributed by atoms with Crippen molar-refractivity contribution in [1.82, 2.24) is 0 Å². The summed E-state index contributed by atoms with van der Waals surface area (Å²) in [6, 6.07) is 19.0. The van der Waals surface area contributed by atoms with Gasteiger partial charge >= 0.3 is 0 Å². The number of hydrogen-bond donors (Lipinski definition) is 0. The number of nitrogens with zero attached hydrogens (tertiary/aromatic N) is 1. The maximum atomic E-state index is 11.7. The molecular formula is C18H19NO. The van der Waals surface area contributed by atoms with Crippen LogP contribution in [-0.4, -0.2) is 12.3 Å². The lowest BCUT2D eigenvalue weighted by Gasteiger charge is -2.30. The molecule has 0 fully saturated rings. The Morgan fingerprint density at radius 1 is 1.10 bits per heavy atom. The van der Waals surface area contributed by atoms with Gasteiger partial charge in [-0.2, -0.15) is 0 Å². The first-order valence-electron chi connectivity index (χ1n) is 7.14. The molecule has 0 bridgehead atoms. The second-order valence-electron chi connectivity index (χ2n) is 5.40. The lowest BCUT2D eigenvalue weighted by Crippen LogP contribution is -2.28. The topological polar surface area (TPSA) is 20.3 Å². The predicted molar refractivity (Wildman–Crippen MR) is 82.0 cm³/mol. The second kappa shape index (κ2) is 5.49. The molecule has 0 spiro atoms. The van der Waals surface area contributed by atoms with E-state index < -0.39 is 0 Å². The van der Waals surface area contributed by atoms with Crippen LogP contribution in [0.2, 0.25) is 0 Å². The van der Waals surface area contributed by atoms with Gasteiger partial charge in [-0.25, -0.2) is 0 Å². The second-order valence-corrected chi connectivity index (χ2v) is 5.40. The molecule has 3 rings (SSSR count). The molecule has 0 aromatic heterocycles. The Hall–Kier alpha value is -2.09. The minimum Gasteiger partial charge on any atom is -0.363 e. The zero-order valence-electron chi connectivity index (χ0n) is 11.8. The molecule has 1 atom stereocenters. The van der Waals surface area contributed by atoms with Crippen LogP contribution in [0.4, 0.5) is 5.69 Å². The van der Waals surface area contributed by atoms with Crippen LogP contribution < -0.4 is 4.90 Å². The average Bonchev–Trinajstić information content (AvgIpc) is 2.89. The van der Waals surface area contributed by atoms with Crippen molar-refractivity contribution >= 4 is 11.5 Å². The Morgan fingerprint density at radius 3 is 2.55 bits per heavy atom. The highest BCUT2D eigenvalue weighted by molar-refractivity contribution is 5.77. The number of rotatable bonds is 4. The summed E-state index contributed by atoms with van der Waals surface area (Å²) in [7, 11) is 0. The molecule has 0 aliphatic carbocycles. The summed E-state index contributed by atoms with van der Waals surface area (Å²) in [5.41, 5.74) is 3.89. The molecule has 1 aliphatic heterocycles. The average molecular weight is 265 g/mol. The van der Waals surface area contributed by atoms with Gasteiger partial charge in [0.05, 0.1) is 6.04 Å². The molecule has 2 nitrogen and oxygen atoms in total. The van der Waals surface area contributed by atoms with Crippen LogP contribution in [0, 0.1) is 0 Å². The third-order valence-corrected chi connectivity index (χ3v) is 3.96. The van der Waals surface area contributed by atoms with Crippen LogP contribution in [0.15, 0.2) is 54.6 Å². The fourth-order valence-corrected chi connectivity index (χ4v) is 3.04. The van der Waals surface area contributed by atoms with Gasteiger partial charge in [0, 0.05) is 18.7 Å². The van der Waals surface area contributed by atoms with E-state index in [1.54, 1.807) is 6.92 Å². The van der Waals surface area contributed by atoms with Crippen LogP contribution in [-0.2, 0) is 11.2 Å². The Kier molecular flexibility index (Phi) is 3.55. The van der Waals surface area contributed by atoms with Gasteiger partial charge < -0.3 is 4.90 Å². The standard InChI is InChI=1S/C18H19NO/c1-14(20)13-18(15-7-3-2-4-8-15)19-12-11-16-9-5-6-10-17(16)19/h2-10,18H,11-13H2,1H3. The SMILES string of the molecule is CC(=O)CC(c1ccccc1)N1CCc2ccccc21. The molecule has 2 aromatic carbocycles. The number of Topliss-reactive ketones (excluding diaryl/α,β-unsaturated/α-hetero) is 1. The van der Waals surface area contributed by atoms with Gasteiger partial charge in [-0.15, -0.1) is 0 Å². The van der Waals surface area contributed by atoms with E-state index in [1.165, 1.54) is 16.8 Å². The number of fused-ring (bicyclic) bond motifs is 1. The maximum absolute atomic E-state index is 11.7. The number of benzene rings is 2. The van der Waals surface area contributed by atoms with Gasteiger partial charge in [0.1, 0.15) is 5.78 Å². The molecule has 102 valence electrons. The Bertz CT molecular complexity index is 606. The molecule has 0 saturated carbocycles. The van der Waals surface area contributed by atoms with Crippen molar-refractivity contribution in [2.24, 2.45) is 0 Å². The fourth-order valence-electron chi connectivity index (χ4n) is 3.04. The van der Waals surface area contributed by atoms with Crippen LogP contribution >= 0.6 is 0 Å². The summed E-state index contributed by atoms with van der Waals surface area (Å²) in [5, 5.41) is 0. The molecule has 1 unspecified atom stereocenters. The smallest absolute Gasteiger partial charge is 0.132 e. The fraction of sp³-hybridized carbons (Fsp3) is 0.278. The Labute approximate surface area is 120 Å². The minimum atomic E-state index is 0.150. The monoisotopic (exact) mass is 265 g/mol. The first-order chi connectivity index (χ1) is 9.75. The van der Waals surface area contributed by atoms with Crippen LogP contribution in [0.25, 0.3) is 0 Å². The largest absolute Gasteiger partial charge is 0.363 e. The van der Waals surface area contributed by atoms with Crippen molar-refractivity contribution in [3.8, 4) is 0 Å². The molecular weight excluding hydrogens is 246 g/mol. The van der Waals surface area contributed by atoms with E-state index in [4.69, 9.17) is 0 Å². The summed E-state index contributed by atoms with van der Waals surface area (Å²) in [4.78, 5) is 14.1. The molecule has 0 N–H and O–H groups in total. The first-order valence-corrected chi connectivity index (χ1v) is 7.14. The third kappa shape index (κ3) is 2.46. The number of anilines is 1. The van der Waals surface area contributed by atoms with Gasteiger partial charge in [0.25, 0.3) is 0 Å². The van der Waals surface area contributed by atoms with Crippen molar-refractivity contribution < 1.29 is 4.79 Å². The van der Waals surface area contributed by atoms with Crippen LogP contribution in [0.5, 0.6) is 0 Å². The molecule has 2 aromatic rings. The van der Waals surface area contributed by atoms with Gasteiger partial charge in [0.2, 0.25) is 0 Å². The number of hydrogen-bond acceptors (Lipinski definition) is 2. The zero-order chi connectivity index (χ0) is 13.9. The van der Waals surface area contributed by atoms with E-state index in [0.717, 1.165) is 13.0 Å². The highest BCUT2D eigenvalue weighted by Gasteiger charge is 2.27. The van der Waals surface area contributed by atoms with Crippen molar-refractivity contribution in [1.29, 1.82) is 0 Å². The van der Waals surface area contributed by atoms with E-state index >= 15 is 0 Å². The van der Waals surface area contributed by atoms with E-state index in [0.29, 0.717) is 6.42 Å². The van der Waals surface area contributed by atoms with Crippen molar-refractivity contribution in [3.63, 3.8) is 0 Å². The van der Waals surface area contributed by atoms with E-state index in [9.17, 15) is 4.79 Å². The molecule has 0 amide bonds. The molecule has 20 heavy (non-hydrogen) atoms. The van der Waals surface area contributed by atoms with E-state index in [1.807, 2.05) is 18.2 Å². The van der Waals surface area contributed by atoms with Gasteiger partial charge in [-0.3, -0.25) is 4.79 Å². The highest BCUT2D eigenvalue weighted by atomic mass is 16.1. The van der Waals surface area contributed by atoms with Crippen molar-refractivity contribution in [2.75, 3.05) is 11.4 Å². The summed E-state index contributed by atoms with van der Waals surface area (Å²) in [6.45, 7) is 2.67. The number of carbonyl (C=O) groups excluding carboxylic acids is 1. The minimum absolute atomic E-state index is 0.150. The van der Waals surface area contributed by atoms with E-state index in [2.05, 4.69) is 41.3 Å². The van der Waals surface area contributed by atoms with E-state index in [-0.39, 0.29) is 11.8 Å². The highest BCUT2D eigenvalue weighted by Crippen LogP contribution is 2.36. The van der Waals surface area contributed by atoms with Crippen LogP contribution in [0.3, 0.4) is 0 Å². The Balaban J connectivity index is 1.97. The Morgan fingerprint density at radius 2 is 1.80 bits per heavy atom. The number of para-hydroxylation sites is 1. The lowest BCUT2D eigenvalue weighted by atomic mass is 10.00. The zero-order valence-corrected chi connectivity index (χ0v) is 11.8. The molecule has 0 saturated heterocycles. The molecule has 2 heteroatoms. The quantitative estimate of drug-likeness (QED) is 0.838. The van der Waals surface area contributed by atoms with Gasteiger partial charge in [-0.1, -0.05) is 48.5 Å². The third-order valence-electron chi connectivity index (χ3n) is 3.96. The molecule has 1 heterocycles. The summed E-state index contributed by atoms with van der Waals surface area (Å²) >= 11 is 0. The molecule has 0 radical (unpaired) electrons. The maximum Gasteiger partial charge on any atom is 0.132 e. The summed E-state index contributed by atoms with van der Waals surface area (Å²) in [5.74, 6) is 0.239.